The maximum atomic E-state index is 14.4. The lowest BCUT2D eigenvalue weighted by molar-refractivity contribution is -0.124. The first kappa shape index (κ1) is 33.4. The van der Waals surface area contributed by atoms with Crippen LogP contribution < -0.4 is 5.73 Å². The number of nitrogens with two attached hydrogens (primary N) is 1. The van der Waals surface area contributed by atoms with E-state index in [-0.39, 0.29) is 24.2 Å². The molecule has 1 saturated heterocycles. The first-order valence-corrected chi connectivity index (χ1v) is 15.4. The molecule has 0 bridgehead atoms. The molecule has 0 saturated carbocycles. The van der Waals surface area contributed by atoms with E-state index in [4.69, 9.17) is 10.5 Å². The minimum atomic E-state index is -0.951. The number of rotatable bonds is 9. The highest BCUT2D eigenvalue weighted by Gasteiger charge is 2.44. The third kappa shape index (κ3) is 7.88. The second kappa shape index (κ2) is 13.8. The summed E-state index contributed by atoms with van der Waals surface area (Å²) in [5.41, 5.74) is 6.76. The molecule has 2 amide bonds. The van der Waals surface area contributed by atoms with E-state index in [1.54, 1.807) is 32.9 Å². The van der Waals surface area contributed by atoms with Crippen LogP contribution in [0.3, 0.4) is 0 Å². The molecule has 1 fully saturated rings. The molecule has 2 heterocycles. The van der Waals surface area contributed by atoms with Crippen LogP contribution in [0.25, 0.3) is 11.1 Å². The summed E-state index contributed by atoms with van der Waals surface area (Å²) in [6.45, 7) is 5.27. The molecule has 0 radical (unpaired) electrons. The first-order valence-electron chi connectivity index (χ1n) is 15.4. The Morgan fingerprint density at radius 2 is 1.64 bits per heavy atom. The van der Waals surface area contributed by atoms with E-state index in [1.807, 2.05) is 30.3 Å². The molecular weight excluding hydrogens is 607 g/mol. The number of halogens is 3. The molecule has 0 spiro atoms. The van der Waals surface area contributed by atoms with Crippen LogP contribution in [0.5, 0.6) is 0 Å². The quantitative estimate of drug-likeness (QED) is 0.202. The van der Waals surface area contributed by atoms with Crippen molar-refractivity contribution in [3.63, 3.8) is 0 Å². The number of ether oxygens (including phenoxy) is 1. The number of Topliss-reactive ketones (excluding diaryl/α,β-unsaturated/α-hetero) is 1. The molecule has 1 aromatic heterocycles. The zero-order valence-electron chi connectivity index (χ0n) is 26.4. The number of ketones is 1. The number of amides is 2. The highest BCUT2D eigenvalue weighted by Crippen LogP contribution is 2.40. The van der Waals surface area contributed by atoms with Crippen molar-refractivity contribution >= 4 is 17.8 Å². The van der Waals surface area contributed by atoms with E-state index in [0.29, 0.717) is 35.2 Å². The number of nitrogens with zero attached hydrogens (tertiary/aromatic N) is 2. The van der Waals surface area contributed by atoms with Crippen LogP contribution in [-0.2, 0) is 16.0 Å². The fourth-order valence-electron chi connectivity index (χ4n) is 6.23. The van der Waals surface area contributed by atoms with Gasteiger partial charge in [0, 0.05) is 30.2 Å². The highest BCUT2D eigenvalue weighted by molar-refractivity contribution is 5.94. The summed E-state index contributed by atoms with van der Waals surface area (Å²) in [5, 5.41) is 0. The molecule has 0 aliphatic carbocycles. The van der Waals surface area contributed by atoms with Gasteiger partial charge in [-0.15, -0.1) is 0 Å². The number of pyridine rings is 1. The smallest absolute Gasteiger partial charge is 0.411 e. The summed E-state index contributed by atoms with van der Waals surface area (Å²) in [6, 6.07) is 18.6. The Kier molecular flexibility index (Phi) is 9.79. The van der Waals surface area contributed by atoms with Crippen molar-refractivity contribution in [2.24, 2.45) is 5.73 Å². The number of benzene rings is 3. The number of aromatic nitrogens is 1. The van der Waals surface area contributed by atoms with Crippen molar-refractivity contribution < 1.29 is 32.3 Å². The van der Waals surface area contributed by atoms with Crippen molar-refractivity contribution in [1.82, 2.24) is 9.88 Å². The minimum Gasteiger partial charge on any atom is -0.444 e. The predicted molar refractivity (Wildman–Crippen MR) is 171 cm³/mol. The lowest BCUT2D eigenvalue weighted by Gasteiger charge is -2.33. The summed E-state index contributed by atoms with van der Waals surface area (Å²) in [7, 11) is 0. The van der Waals surface area contributed by atoms with Gasteiger partial charge >= 0.3 is 6.09 Å². The molecule has 0 unspecified atom stereocenters. The lowest BCUT2D eigenvalue weighted by atomic mass is 9.85. The molecule has 47 heavy (non-hydrogen) atoms. The van der Waals surface area contributed by atoms with Crippen LogP contribution in [0.1, 0.15) is 79.2 Å². The molecule has 1 aliphatic rings. The topological polar surface area (TPSA) is 103 Å². The van der Waals surface area contributed by atoms with Gasteiger partial charge in [0.15, 0.2) is 5.78 Å². The molecule has 5 rings (SSSR count). The van der Waals surface area contributed by atoms with E-state index in [2.05, 4.69) is 4.98 Å². The Morgan fingerprint density at radius 1 is 0.936 bits per heavy atom. The zero-order valence-corrected chi connectivity index (χ0v) is 26.4. The molecule has 4 aromatic rings. The van der Waals surface area contributed by atoms with Crippen LogP contribution in [0.2, 0.25) is 0 Å². The Morgan fingerprint density at radius 3 is 2.30 bits per heavy atom. The summed E-state index contributed by atoms with van der Waals surface area (Å²) in [6.07, 6.45) is 1.70. The molecule has 1 aliphatic heterocycles. The van der Waals surface area contributed by atoms with E-state index in [1.165, 1.54) is 35.4 Å². The van der Waals surface area contributed by atoms with E-state index in [0.717, 1.165) is 17.7 Å². The van der Waals surface area contributed by atoms with Crippen LogP contribution in [-0.4, -0.2) is 39.3 Å². The SMILES string of the molecule is CC(C)(C)OC(=O)N1[C@@H](c2ccccc2)CC[C@H]1C(=O)C[C@@H](Cc1cc(F)cc(F)c1)c1ncccc1-c1ccc(F)c(C(N)=O)c1. The van der Waals surface area contributed by atoms with Crippen LogP contribution in [0.4, 0.5) is 18.0 Å². The largest absolute Gasteiger partial charge is 0.444 e. The van der Waals surface area contributed by atoms with E-state index >= 15 is 0 Å². The average molecular weight is 644 g/mol. The predicted octanol–water partition coefficient (Wildman–Crippen LogP) is 7.69. The number of primary amides is 1. The van der Waals surface area contributed by atoms with Gasteiger partial charge in [0.25, 0.3) is 5.91 Å². The van der Waals surface area contributed by atoms with Gasteiger partial charge in [-0.3, -0.25) is 19.5 Å². The van der Waals surface area contributed by atoms with E-state index in [9.17, 15) is 27.6 Å². The third-order valence-corrected chi connectivity index (χ3v) is 8.17. The van der Waals surface area contributed by atoms with Crippen LogP contribution in [0, 0.1) is 17.5 Å². The van der Waals surface area contributed by atoms with Crippen molar-refractivity contribution in [2.75, 3.05) is 0 Å². The average Bonchev–Trinajstić information content (AvgIpc) is 3.46. The maximum absolute atomic E-state index is 14.4. The summed E-state index contributed by atoms with van der Waals surface area (Å²) < 4.78 is 48.8. The Bertz CT molecular complexity index is 1770. The van der Waals surface area contributed by atoms with Gasteiger partial charge in [0.2, 0.25) is 0 Å². The second-order valence-electron chi connectivity index (χ2n) is 12.8. The van der Waals surface area contributed by atoms with Gasteiger partial charge in [-0.1, -0.05) is 42.5 Å². The summed E-state index contributed by atoms with van der Waals surface area (Å²) >= 11 is 0. The maximum Gasteiger partial charge on any atom is 0.411 e. The minimum absolute atomic E-state index is 0.0234. The van der Waals surface area contributed by atoms with Gasteiger partial charge in [0.05, 0.1) is 23.3 Å². The third-order valence-electron chi connectivity index (χ3n) is 8.17. The number of hydrogen-bond acceptors (Lipinski definition) is 5. The van der Waals surface area contributed by atoms with Crippen molar-refractivity contribution in [3.8, 4) is 11.1 Å². The van der Waals surface area contributed by atoms with Crippen molar-refractivity contribution in [1.29, 1.82) is 0 Å². The van der Waals surface area contributed by atoms with E-state index < -0.39 is 53.1 Å². The summed E-state index contributed by atoms with van der Waals surface area (Å²) in [4.78, 5) is 45.9. The van der Waals surface area contributed by atoms with Crippen molar-refractivity contribution in [2.45, 2.75) is 70.1 Å². The van der Waals surface area contributed by atoms with Gasteiger partial charge in [-0.2, -0.15) is 0 Å². The Balaban J connectivity index is 1.55. The van der Waals surface area contributed by atoms with Gasteiger partial charge in [-0.05, 0) is 87.1 Å². The van der Waals surface area contributed by atoms with Crippen LogP contribution >= 0.6 is 0 Å². The van der Waals surface area contributed by atoms with Gasteiger partial charge < -0.3 is 10.5 Å². The lowest BCUT2D eigenvalue weighted by Crippen LogP contribution is -2.44. The highest BCUT2D eigenvalue weighted by atomic mass is 19.1. The molecule has 3 aromatic carbocycles. The molecule has 7 nitrogen and oxygen atoms in total. The van der Waals surface area contributed by atoms with Crippen molar-refractivity contribution in [3.05, 3.63) is 125 Å². The standard InChI is InChI=1S/C37H36F3N3O4/c1-37(2,3)47-36(46)43-31(23-8-5-4-6-9-23)13-14-32(43)33(44)20-25(16-22-17-26(38)21-27(39)18-22)34-28(10-7-15-42-34)24-11-12-30(40)29(19-24)35(41)45/h4-12,15,17-19,21,25,31-32H,13-14,16,20H2,1-3H3,(H2,41,45)/t25-,31-,32+/m1/s1. The molecule has 3 atom stereocenters. The van der Waals surface area contributed by atoms with Crippen LogP contribution in [0.15, 0.2) is 85.1 Å². The zero-order chi connectivity index (χ0) is 33.9. The molecule has 10 heteroatoms. The fraction of sp³-hybridized carbons (Fsp3) is 0.297. The fourth-order valence-corrected chi connectivity index (χ4v) is 6.23. The monoisotopic (exact) mass is 643 g/mol. The number of carbonyl (C=O) groups is 3. The number of carbonyl (C=O) groups excluding carboxylic acids is 3. The second-order valence-corrected chi connectivity index (χ2v) is 12.8. The normalized spacial score (nSPS) is 16.9. The Labute approximate surface area is 271 Å². The molecule has 244 valence electrons. The van der Waals surface area contributed by atoms with Gasteiger partial charge in [0.1, 0.15) is 23.1 Å². The number of hydrogen-bond donors (Lipinski definition) is 1. The number of likely N-dealkylation sites (tertiary alicyclic amines) is 1. The molecule has 2 N–H and O–H groups in total. The summed E-state index contributed by atoms with van der Waals surface area (Å²) in [5.74, 6) is -4.27. The Hall–Kier alpha value is -4.99. The molecular formula is C37H36F3N3O4. The first-order chi connectivity index (χ1) is 22.3. The van der Waals surface area contributed by atoms with Gasteiger partial charge in [-0.25, -0.2) is 18.0 Å².